The number of carbonyl (C=O) groups excluding carboxylic acids is 1. The quantitative estimate of drug-likeness (QED) is 0.769. The van der Waals surface area contributed by atoms with Crippen molar-refractivity contribution in [1.29, 1.82) is 0 Å². The second kappa shape index (κ2) is 8.74. The number of carbonyl (C=O) groups is 1. The molecule has 0 N–H and O–H groups in total. The fraction of sp³-hybridized carbons (Fsp3) is 0.391. The Morgan fingerprint density at radius 3 is 2.52 bits per heavy atom. The molecule has 1 atom stereocenters. The van der Waals surface area contributed by atoms with Crippen LogP contribution in [0.15, 0.2) is 53.6 Å². The molecule has 152 valence electrons. The van der Waals surface area contributed by atoms with E-state index in [-0.39, 0.29) is 11.7 Å². The van der Waals surface area contributed by atoms with E-state index >= 15 is 0 Å². The first-order valence-corrected chi connectivity index (χ1v) is 10.2. The minimum absolute atomic E-state index is 0.0799. The van der Waals surface area contributed by atoms with Crippen molar-refractivity contribution in [3.05, 3.63) is 65.5 Å². The van der Waals surface area contributed by atoms with Crippen molar-refractivity contribution in [1.82, 2.24) is 9.91 Å². The Morgan fingerprint density at radius 2 is 1.83 bits per heavy atom. The highest BCUT2D eigenvalue weighted by Gasteiger charge is 2.35. The Balaban J connectivity index is 1.61. The number of likely N-dealkylation sites (tertiary alicyclic amines) is 1. The van der Waals surface area contributed by atoms with Crippen LogP contribution in [0, 0.1) is 5.82 Å². The van der Waals surface area contributed by atoms with Gasteiger partial charge in [-0.3, -0.25) is 9.69 Å². The molecule has 5 nitrogen and oxygen atoms in total. The summed E-state index contributed by atoms with van der Waals surface area (Å²) in [6.07, 6.45) is 3.93. The Bertz CT molecular complexity index is 891. The van der Waals surface area contributed by atoms with Gasteiger partial charge in [-0.25, -0.2) is 9.40 Å². The first kappa shape index (κ1) is 19.6. The Labute approximate surface area is 170 Å². The maximum absolute atomic E-state index is 14.5. The summed E-state index contributed by atoms with van der Waals surface area (Å²) in [6, 6.07) is 13.8. The monoisotopic (exact) mass is 395 g/mol. The third-order valence-corrected chi connectivity index (χ3v) is 5.66. The predicted molar refractivity (Wildman–Crippen MR) is 110 cm³/mol. The molecule has 2 heterocycles. The van der Waals surface area contributed by atoms with E-state index in [1.54, 1.807) is 25.3 Å². The highest BCUT2D eigenvalue weighted by Crippen LogP contribution is 2.34. The summed E-state index contributed by atoms with van der Waals surface area (Å²) in [5.41, 5.74) is 2.21. The molecule has 2 aromatic carbocycles. The lowest BCUT2D eigenvalue weighted by Crippen LogP contribution is -2.40. The van der Waals surface area contributed by atoms with Crippen molar-refractivity contribution in [2.45, 2.75) is 31.7 Å². The number of nitrogens with zero attached hydrogens (tertiary/aromatic N) is 3. The fourth-order valence-corrected chi connectivity index (χ4v) is 4.07. The number of amides is 1. The molecule has 2 aliphatic rings. The van der Waals surface area contributed by atoms with Gasteiger partial charge < -0.3 is 4.74 Å². The minimum Gasteiger partial charge on any atom is -0.497 e. The number of ether oxygens (including phenoxy) is 1. The third kappa shape index (κ3) is 4.32. The van der Waals surface area contributed by atoms with E-state index in [0.717, 1.165) is 43.0 Å². The van der Waals surface area contributed by atoms with Crippen molar-refractivity contribution in [3.8, 4) is 5.75 Å². The molecule has 29 heavy (non-hydrogen) atoms. The molecule has 6 heteroatoms. The van der Waals surface area contributed by atoms with Crippen molar-refractivity contribution < 1.29 is 13.9 Å². The molecule has 2 aliphatic heterocycles. The van der Waals surface area contributed by atoms with Gasteiger partial charge in [-0.15, -0.1) is 0 Å². The van der Waals surface area contributed by atoms with Crippen LogP contribution in [0.5, 0.6) is 5.75 Å². The van der Waals surface area contributed by atoms with E-state index < -0.39 is 6.04 Å². The van der Waals surface area contributed by atoms with Gasteiger partial charge in [0.15, 0.2) is 0 Å². The van der Waals surface area contributed by atoms with E-state index in [9.17, 15) is 9.18 Å². The second-order valence-corrected chi connectivity index (χ2v) is 7.59. The van der Waals surface area contributed by atoms with Crippen molar-refractivity contribution in [2.75, 3.05) is 26.7 Å². The largest absolute Gasteiger partial charge is 0.497 e. The average Bonchev–Trinajstić information content (AvgIpc) is 3.20. The molecule has 1 saturated heterocycles. The minimum atomic E-state index is -0.425. The first-order chi connectivity index (χ1) is 14.2. The SMILES string of the molecule is COc1ccc(C2=NN(C(=O)CN3CCCCC3)[C@@H](c3ccccc3F)C2)cc1. The van der Waals surface area contributed by atoms with E-state index in [4.69, 9.17) is 4.74 Å². The lowest BCUT2D eigenvalue weighted by atomic mass is 9.98. The van der Waals surface area contributed by atoms with Gasteiger partial charge in [0.05, 0.1) is 25.4 Å². The van der Waals surface area contributed by atoms with E-state index in [1.165, 1.54) is 17.5 Å². The average molecular weight is 395 g/mol. The Morgan fingerprint density at radius 1 is 1.10 bits per heavy atom. The van der Waals surface area contributed by atoms with Crippen LogP contribution < -0.4 is 4.74 Å². The van der Waals surface area contributed by atoms with Gasteiger partial charge >= 0.3 is 0 Å². The van der Waals surface area contributed by atoms with Crippen LogP contribution in [0.4, 0.5) is 4.39 Å². The van der Waals surface area contributed by atoms with Gasteiger partial charge in [0.25, 0.3) is 5.91 Å². The standard InChI is InChI=1S/C23H26FN3O2/c1-29-18-11-9-17(10-12-18)21-15-22(19-7-3-4-8-20(19)24)27(25-21)23(28)16-26-13-5-2-6-14-26/h3-4,7-12,22H,2,5-6,13-16H2,1H3/t22-/m1/s1. The third-order valence-electron chi connectivity index (χ3n) is 5.66. The number of halogens is 1. The van der Waals surface area contributed by atoms with Crippen LogP contribution >= 0.6 is 0 Å². The molecule has 1 fully saturated rings. The van der Waals surface area contributed by atoms with Crippen LogP contribution in [0.2, 0.25) is 0 Å². The number of benzene rings is 2. The molecular weight excluding hydrogens is 369 g/mol. The Hall–Kier alpha value is -2.73. The van der Waals surface area contributed by atoms with Gasteiger partial charge in [0, 0.05) is 12.0 Å². The zero-order valence-electron chi connectivity index (χ0n) is 16.7. The second-order valence-electron chi connectivity index (χ2n) is 7.59. The van der Waals surface area contributed by atoms with Gasteiger partial charge in [-0.05, 0) is 61.8 Å². The fourth-order valence-electron chi connectivity index (χ4n) is 4.07. The number of hydrazone groups is 1. The van der Waals surface area contributed by atoms with Crippen LogP contribution in [0.25, 0.3) is 0 Å². The summed E-state index contributed by atoms with van der Waals surface area (Å²) in [7, 11) is 1.62. The van der Waals surface area contributed by atoms with Crippen LogP contribution in [-0.2, 0) is 4.79 Å². The van der Waals surface area contributed by atoms with Crippen LogP contribution in [0.3, 0.4) is 0 Å². The zero-order valence-corrected chi connectivity index (χ0v) is 16.7. The molecule has 1 amide bonds. The molecule has 0 radical (unpaired) electrons. The lowest BCUT2D eigenvalue weighted by molar-refractivity contribution is -0.134. The normalized spacial score (nSPS) is 19.9. The molecule has 0 bridgehead atoms. The highest BCUT2D eigenvalue weighted by molar-refractivity contribution is 6.03. The first-order valence-electron chi connectivity index (χ1n) is 10.2. The summed E-state index contributed by atoms with van der Waals surface area (Å²) in [5, 5.41) is 6.14. The summed E-state index contributed by atoms with van der Waals surface area (Å²) in [5.74, 6) is 0.374. The Kier molecular flexibility index (Phi) is 5.90. The molecule has 0 aromatic heterocycles. The smallest absolute Gasteiger partial charge is 0.257 e. The van der Waals surface area contributed by atoms with E-state index in [2.05, 4.69) is 10.0 Å². The predicted octanol–water partition coefficient (Wildman–Crippen LogP) is 4.00. The van der Waals surface area contributed by atoms with Gasteiger partial charge in [-0.1, -0.05) is 24.6 Å². The number of hydrogen-bond donors (Lipinski definition) is 0. The lowest BCUT2D eigenvalue weighted by Gasteiger charge is -2.29. The maximum Gasteiger partial charge on any atom is 0.257 e. The molecule has 0 spiro atoms. The number of methoxy groups -OCH3 is 1. The molecule has 2 aromatic rings. The summed E-state index contributed by atoms with van der Waals surface area (Å²) in [6.45, 7) is 2.18. The zero-order chi connectivity index (χ0) is 20.2. The molecule has 0 aliphatic carbocycles. The molecule has 0 unspecified atom stereocenters. The van der Waals surface area contributed by atoms with Gasteiger partial charge in [-0.2, -0.15) is 5.10 Å². The van der Waals surface area contributed by atoms with Gasteiger partial charge in [0.2, 0.25) is 0 Å². The summed E-state index contributed by atoms with van der Waals surface area (Å²) < 4.78 is 19.8. The topological polar surface area (TPSA) is 45.1 Å². The summed E-state index contributed by atoms with van der Waals surface area (Å²) >= 11 is 0. The highest BCUT2D eigenvalue weighted by atomic mass is 19.1. The number of rotatable bonds is 5. The van der Waals surface area contributed by atoms with E-state index in [1.807, 2.05) is 24.3 Å². The maximum atomic E-state index is 14.5. The molecular formula is C23H26FN3O2. The van der Waals surface area contributed by atoms with Crippen LogP contribution in [-0.4, -0.2) is 48.3 Å². The number of hydrogen-bond acceptors (Lipinski definition) is 4. The summed E-state index contributed by atoms with van der Waals surface area (Å²) in [4.78, 5) is 15.3. The molecule has 4 rings (SSSR count). The van der Waals surface area contributed by atoms with Crippen molar-refractivity contribution in [3.63, 3.8) is 0 Å². The van der Waals surface area contributed by atoms with Crippen molar-refractivity contribution in [2.24, 2.45) is 5.10 Å². The van der Waals surface area contributed by atoms with Gasteiger partial charge in [0.1, 0.15) is 11.6 Å². The number of piperidine rings is 1. The van der Waals surface area contributed by atoms with E-state index in [0.29, 0.717) is 18.5 Å². The molecule has 0 saturated carbocycles. The van der Waals surface area contributed by atoms with Crippen LogP contribution in [0.1, 0.15) is 42.9 Å². The van der Waals surface area contributed by atoms with Crippen molar-refractivity contribution >= 4 is 11.6 Å².